The number of rotatable bonds is 6. The third kappa shape index (κ3) is 5.28. The van der Waals surface area contributed by atoms with E-state index in [-0.39, 0.29) is 0 Å². The van der Waals surface area contributed by atoms with Crippen molar-refractivity contribution in [2.45, 2.75) is 0 Å². The molecule has 11 rings (SSSR count). The lowest BCUT2D eigenvalue weighted by atomic mass is 9.97. The number of para-hydroxylation sites is 4. The van der Waals surface area contributed by atoms with Crippen molar-refractivity contribution in [1.29, 1.82) is 0 Å². The van der Waals surface area contributed by atoms with E-state index in [9.17, 15) is 0 Å². The van der Waals surface area contributed by atoms with E-state index in [1.807, 2.05) is 24.3 Å². The highest BCUT2D eigenvalue weighted by molar-refractivity contribution is 6.11. The second-order valence-electron chi connectivity index (χ2n) is 14.1. The van der Waals surface area contributed by atoms with E-state index in [4.69, 9.17) is 8.83 Å². The third-order valence-electron chi connectivity index (χ3n) is 10.9. The van der Waals surface area contributed by atoms with Crippen LogP contribution in [0.3, 0.4) is 0 Å². The molecule has 3 heteroatoms. The zero-order valence-corrected chi connectivity index (χ0v) is 29.8. The van der Waals surface area contributed by atoms with Gasteiger partial charge in [0, 0.05) is 44.0 Å². The van der Waals surface area contributed by atoms with Gasteiger partial charge in [-0.15, -0.1) is 0 Å². The van der Waals surface area contributed by atoms with Gasteiger partial charge in [0.15, 0.2) is 0 Å². The molecule has 0 N–H and O–H groups in total. The Kier molecular flexibility index (Phi) is 7.17. The minimum atomic E-state index is 0.868. The summed E-state index contributed by atoms with van der Waals surface area (Å²) >= 11 is 0. The number of anilines is 3. The minimum Gasteiger partial charge on any atom is -0.456 e. The Morgan fingerprint density at radius 2 is 0.855 bits per heavy atom. The lowest BCUT2D eigenvalue weighted by Crippen LogP contribution is -2.11. The SMILES string of the molecule is c1ccc(N(c2ccc(-c3ccc(-c4ccc5ccccc5c4)cc3)cc2)c2ccc3oc4ccccc4c3c2)c(-c2cccc3c2oc2ccccc23)c1. The van der Waals surface area contributed by atoms with Gasteiger partial charge in [-0.3, -0.25) is 0 Å². The van der Waals surface area contributed by atoms with E-state index in [2.05, 4.69) is 181 Å². The summed E-state index contributed by atoms with van der Waals surface area (Å²) in [6.45, 7) is 0. The van der Waals surface area contributed by atoms with Crippen molar-refractivity contribution in [3.8, 4) is 33.4 Å². The molecule has 0 aliphatic rings. The molecule has 0 aliphatic heterocycles. The first-order valence-corrected chi connectivity index (χ1v) is 18.7. The van der Waals surface area contributed by atoms with Gasteiger partial charge in [-0.25, -0.2) is 0 Å². The van der Waals surface area contributed by atoms with Crippen molar-refractivity contribution in [3.63, 3.8) is 0 Å². The number of fused-ring (bicyclic) bond motifs is 7. The summed E-state index contributed by atoms with van der Waals surface area (Å²) in [6.07, 6.45) is 0. The maximum atomic E-state index is 6.57. The highest BCUT2D eigenvalue weighted by Gasteiger charge is 2.21. The molecule has 9 aromatic carbocycles. The van der Waals surface area contributed by atoms with Crippen molar-refractivity contribution < 1.29 is 8.83 Å². The fraction of sp³-hybridized carbons (Fsp3) is 0. The molecule has 0 radical (unpaired) electrons. The van der Waals surface area contributed by atoms with Crippen molar-refractivity contribution >= 4 is 71.7 Å². The van der Waals surface area contributed by atoms with E-state index < -0.39 is 0 Å². The van der Waals surface area contributed by atoms with Crippen LogP contribution in [0.25, 0.3) is 88.0 Å². The van der Waals surface area contributed by atoms with Crippen molar-refractivity contribution in [2.75, 3.05) is 4.90 Å². The molecule has 2 aromatic heterocycles. The molecule has 0 fully saturated rings. The molecule has 0 spiro atoms. The van der Waals surface area contributed by atoms with Crippen LogP contribution in [0.2, 0.25) is 0 Å². The van der Waals surface area contributed by atoms with E-state index in [1.54, 1.807) is 0 Å². The van der Waals surface area contributed by atoms with Gasteiger partial charge in [0.1, 0.15) is 22.3 Å². The Labute approximate surface area is 317 Å². The van der Waals surface area contributed by atoms with Crippen LogP contribution >= 0.6 is 0 Å². The molecular weight excluding hydrogens is 671 g/mol. The van der Waals surface area contributed by atoms with Crippen LogP contribution in [0.5, 0.6) is 0 Å². The summed E-state index contributed by atoms with van der Waals surface area (Å²) in [5.41, 5.74) is 13.5. The topological polar surface area (TPSA) is 29.5 Å². The summed E-state index contributed by atoms with van der Waals surface area (Å²) in [5, 5.41) is 6.91. The predicted octanol–water partition coefficient (Wildman–Crippen LogP) is 15.1. The molecule has 55 heavy (non-hydrogen) atoms. The highest BCUT2D eigenvalue weighted by atomic mass is 16.3. The normalized spacial score (nSPS) is 11.6. The van der Waals surface area contributed by atoms with Gasteiger partial charge in [-0.1, -0.05) is 146 Å². The van der Waals surface area contributed by atoms with Gasteiger partial charge < -0.3 is 13.7 Å². The summed E-state index contributed by atoms with van der Waals surface area (Å²) in [5.74, 6) is 0. The quantitative estimate of drug-likeness (QED) is 0.173. The second kappa shape index (κ2) is 12.6. The minimum absolute atomic E-state index is 0.868. The molecule has 3 nitrogen and oxygen atoms in total. The fourth-order valence-electron chi connectivity index (χ4n) is 8.16. The van der Waals surface area contributed by atoms with Gasteiger partial charge in [0.25, 0.3) is 0 Å². The standard InChI is InChI=1S/C52H33NO2/c1-2-11-38-32-39(25-24-34(38)10-1)37-22-20-35(21-23-37)36-26-28-40(29-27-36)53(41-30-31-51-47(33-41)44-14-5-7-18-49(44)54-51)48-17-6-3-12-42(48)45-15-9-16-46-43-13-4-8-19-50(43)55-52(45)46/h1-33H. The molecule has 0 aliphatic carbocycles. The Hall–Kier alpha value is -7.36. The van der Waals surface area contributed by atoms with Gasteiger partial charge in [0.2, 0.25) is 0 Å². The van der Waals surface area contributed by atoms with Crippen LogP contribution in [0.4, 0.5) is 17.1 Å². The summed E-state index contributed by atoms with van der Waals surface area (Å²) in [7, 11) is 0. The Morgan fingerprint density at radius 3 is 1.65 bits per heavy atom. The van der Waals surface area contributed by atoms with Crippen molar-refractivity contribution in [2.24, 2.45) is 0 Å². The first-order chi connectivity index (χ1) is 27.2. The zero-order chi connectivity index (χ0) is 36.3. The molecule has 0 saturated carbocycles. The van der Waals surface area contributed by atoms with E-state index in [1.165, 1.54) is 27.5 Å². The average molecular weight is 704 g/mol. The molecule has 258 valence electrons. The van der Waals surface area contributed by atoms with Gasteiger partial charge in [-0.05, 0) is 87.6 Å². The summed E-state index contributed by atoms with van der Waals surface area (Å²) in [4.78, 5) is 2.35. The fourth-order valence-corrected chi connectivity index (χ4v) is 8.16. The highest BCUT2D eigenvalue weighted by Crippen LogP contribution is 2.45. The Morgan fingerprint density at radius 1 is 0.309 bits per heavy atom. The molecule has 11 aromatic rings. The first-order valence-electron chi connectivity index (χ1n) is 18.7. The van der Waals surface area contributed by atoms with Crippen LogP contribution in [0.1, 0.15) is 0 Å². The smallest absolute Gasteiger partial charge is 0.143 e. The number of hydrogen-bond acceptors (Lipinski definition) is 3. The number of furan rings is 2. The van der Waals surface area contributed by atoms with Crippen LogP contribution in [-0.2, 0) is 0 Å². The molecule has 0 atom stereocenters. The first kappa shape index (κ1) is 31.2. The summed E-state index contributed by atoms with van der Waals surface area (Å²) in [6, 6.07) is 71.0. The largest absolute Gasteiger partial charge is 0.456 e. The zero-order valence-electron chi connectivity index (χ0n) is 29.8. The molecule has 2 heterocycles. The van der Waals surface area contributed by atoms with Gasteiger partial charge >= 0.3 is 0 Å². The van der Waals surface area contributed by atoms with Crippen molar-refractivity contribution in [1.82, 2.24) is 0 Å². The number of nitrogens with zero attached hydrogens (tertiary/aromatic N) is 1. The third-order valence-corrected chi connectivity index (χ3v) is 10.9. The molecular formula is C52H33NO2. The van der Waals surface area contributed by atoms with Crippen LogP contribution in [0, 0.1) is 0 Å². The lowest BCUT2D eigenvalue weighted by Gasteiger charge is -2.28. The lowest BCUT2D eigenvalue weighted by molar-refractivity contribution is 0.669. The molecule has 0 bridgehead atoms. The Balaban J connectivity index is 1.03. The van der Waals surface area contributed by atoms with Gasteiger partial charge in [0.05, 0.1) is 5.69 Å². The maximum Gasteiger partial charge on any atom is 0.143 e. The van der Waals surface area contributed by atoms with Crippen LogP contribution < -0.4 is 4.90 Å². The predicted molar refractivity (Wildman–Crippen MR) is 229 cm³/mol. The van der Waals surface area contributed by atoms with E-state index >= 15 is 0 Å². The van der Waals surface area contributed by atoms with Crippen molar-refractivity contribution in [3.05, 3.63) is 200 Å². The average Bonchev–Trinajstić information content (AvgIpc) is 3.83. The molecule has 0 saturated heterocycles. The Bertz CT molecular complexity index is 3200. The number of benzene rings is 9. The number of hydrogen-bond donors (Lipinski definition) is 0. The molecule has 0 unspecified atom stereocenters. The maximum absolute atomic E-state index is 6.57. The van der Waals surface area contributed by atoms with E-state index in [0.29, 0.717) is 0 Å². The molecule has 0 amide bonds. The van der Waals surface area contributed by atoms with E-state index in [0.717, 1.165) is 77.6 Å². The van der Waals surface area contributed by atoms with Crippen LogP contribution in [0.15, 0.2) is 209 Å². The van der Waals surface area contributed by atoms with Gasteiger partial charge in [-0.2, -0.15) is 0 Å². The second-order valence-corrected chi connectivity index (χ2v) is 14.1. The summed E-state index contributed by atoms with van der Waals surface area (Å²) < 4.78 is 12.8. The van der Waals surface area contributed by atoms with Crippen LogP contribution in [-0.4, -0.2) is 0 Å². The monoisotopic (exact) mass is 703 g/mol.